The Morgan fingerprint density at radius 2 is 1.85 bits per heavy atom. The number of amides is 2. The maximum absolute atomic E-state index is 13.7. The molecule has 14 heteroatoms. The number of hydrogen-bond acceptors (Lipinski definition) is 9. The Kier molecular flexibility index (Phi) is 8.99. The van der Waals surface area contributed by atoms with E-state index in [1.54, 1.807) is 47.0 Å². The van der Waals surface area contributed by atoms with Crippen molar-refractivity contribution in [1.82, 2.24) is 25.1 Å². The third-order valence-electron chi connectivity index (χ3n) is 7.26. The van der Waals surface area contributed by atoms with Gasteiger partial charge in [0, 0.05) is 29.8 Å². The van der Waals surface area contributed by atoms with Crippen LogP contribution in [-0.2, 0) is 11.3 Å². The lowest BCUT2D eigenvalue weighted by molar-refractivity contribution is -0.384. The summed E-state index contributed by atoms with van der Waals surface area (Å²) in [5.41, 5.74) is 3.39. The minimum Gasteiger partial charge on any atom is -0.345 e. The lowest BCUT2D eigenvalue weighted by Gasteiger charge is -2.22. The molecule has 0 saturated heterocycles. The van der Waals surface area contributed by atoms with Crippen LogP contribution >= 0.6 is 23.1 Å². The van der Waals surface area contributed by atoms with E-state index in [0.717, 1.165) is 33.5 Å². The van der Waals surface area contributed by atoms with Crippen LogP contribution < -0.4 is 5.32 Å². The minimum absolute atomic E-state index is 0.0124. The highest BCUT2D eigenvalue weighted by molar-refractivity contribution is 7.99. The van der Waals surface area contributed by atoms with Gasteiger partial charge in [0.1, 0.15) is 5.82 Å². The molecule has 1 atom stereocenters. The van der Waals surface area contributed by atoms with Crippen molar-refractivity contribution in [1.29, 1.82) is 0 Å². The van der Waals surface area contributed by atoms with Gasteiger partial charge in [0.15, 0.2) is 11.0 Å². The van der Waals surface area contributed by atoms with E-state index in [4.69, 9.17) is 0 Å². The van der Waals surface area contributed by atoms with Crippen LogP contribution in [0.5, 0.6) is 0 Å². The van der Waals surface area contributed by atoms with Crippen molar-refractivity contribution in [3.05, 3.63) is 134 Å². The van der Waals surface area contributed by atoms with Crippen LogP contribution in [0, 0.1) is 22.9 Å². The Balaban J connectivity index is 1.25. The van der Waals surface area contributed by atoms with Crippen LogP contribution in [0.25, 0.3) is 5.69 Å². The number of halogens is 1. The Labute approximate surface area is 270 Å². The van der Waals surface area contributed by atoms with Crippen molar-refractivity contribution in [2.45, 2.75) is 31.1 Å². The lowest BCUT2D eigenvalue weighted by Crippen LogP contribution is -2.28. The van der Waals surface area contributed by atoms with Crippen molar-refractivity contribution >= 4 is 46.3 Å². The average molecular weight is 656 g/mol. The zero-order valence-electron chi connectivity index (χ0n) is 24.4. The molecule has 1 aliphatic heterocycles. The number of hydrogen-bond donors (Lipinski definition) is 1. The fraction of sp³-hybridized carbons (Fsp3) is 0.156. The smallest absolute Gasteiger partial charge is 0.269 e. The first-order valence-corrected chi connectivity index (χ1v) is 16.0. The van der Waals surface area contributed by atoms with Gasteiger partial charge in [-0.3, -0.25) is 24.3 Å². The fourth-order valence-corrected chi connectivity index (χ4v) is 6.55. The molecule has 0 radical (unpaired) electrons. The molecule has 0 aliphatic carbocycles. The molecule has 0 bridgehead atoms. The SMILES string of the molecule is Cc1cccc(C(=O)NCc2nnc(SCC(=O)N3N=C(c4cccs4)C[C@@H]3c3ccc(F)cc3)n2-c2ccc([N+](=O)[O-])cc2)c1. The first-order valence-electron chi connectivity index (χ1n) is 14.1. The van der Waals surface area contributed by atoms with Crippen LogP contribution in [0.4, 0.5) is 10.1 Å². The summed E-state index contributed by atoms with van der Waals surface area (Å²) < 4.78 is 15.4. The number of carbonyl (C=O) groups excluding carboxylic acids is 2. The molecule has 2 amide bonds. The number of nitro groups is 1. The normalized spacial score (nSPS) is 14.3. The van der Waals surface area contributed by atoms with E-state index in [1.807, 2.05) is 30.5 Å². The molecule has 0 saturated carbocycles. The van der Waals surface area contributed by atoms with E-state index >= 15 is 0 Å². The number of nitrogens with zero attached hydrogens (tertiary/aromatic N) is 6. The second-order valence-corrected chi connectivity index (χ2v) is 12.3. The molecule has 3 aromatic carbocycles. The topological polar surface area (TPSA) is 136 Å². The number of thioether (sulfide) groups is 1. The predicted octanol–water partition coefficient (Wildman–Crippen LogP) is 6.08. The molecule has 0 unspecified atom stereocenters. The average Bonchev–Trinajstić information content (AvgIpc) is 3.83. The highest BCUT2D eigenvalue weighted by atomic mass is 32.2. The van der Waals surface area contributed by atoms with Crippen molar-refractivity contribution < 1.29 is 18.9 Å². The number of aromatic nitrogens is 3. The summed E-state index contributed by atoms with van der Waals surface area (Å²) in [6, 6.07) is 22.5. The summed E-state index contributed by atoms with van der Waals surface area (Å²) in [4.78, 5) is 38.3. The van der Waals surface area contributed by atoms with Gasteiger partial charge in [0.05, 0.1) is 33.9 Å². The first-order chi connectivity index (χ1) is 22.3. The van der Waals surface area contributed by atoms with E-state index in [0.29, 0.717) is 28.7 Å². The number of non-ortho nitro benzene ring substituents is 1. The molecule has 1 aliphatic rings. The summed E-state index contributed by atoms with van der Waals surface area (Å²) in [5, 5.41) is 31.1. The van der Waals surface area contributed by atoms with Gasteiger partial charge in [-0.1, -0.05) is 47.7 Å². The van der Waals surface area contributed by atoms with Crippen LogP contribution in [-0.4, -0.2) is 48.0 Å². The molecule has 3 heterocycles. The van der Waals surface area contributed by atoms with Gasteiger partial charge in [0.2, 0.25) is 0 Å². The highest BCUT2D eigenvalue weighted by Gasteiger charge is 2.34. The Morgan fingerprint density at radius 3 is 2.54 bits per heavy atom. The second-order valence-electron chi connectivity index (χ2n) is 10.4. The summed E-state index contributed by atoms with van der Waals surface area (Å²) in [7, 11) is 0. The van der Waals surface area contributed by atoms with E-state index in [1.165, 1.54) is 40.6 Å². The summed E-state index contributed by atoms with van der Waals surface area (Å²) >= 11 is 2.65. The van der Waals surface area contributed by atoms with Gasteiger partial charge in [-0.2, -0.15) is 5.10 Å². The van der Waals surface area contributed by atoms with E-state index in [-0.39, 0.29) is 35.6 Å². The van der Waals surface area contributed by atoms with Crippen molar-refractivity contribution in [3.8, 4) is 5.69 Å². The Hall–Kier alpha value is -5.21. The standard InChI is InChI=1S/C32H26FN7O4S2/c1-20-4-2-5-22(16-20)31(42)34-18-29-35-36-32(38(29)24-11-13-25(14-12-24)40(43)44)46-19-30(41)39-27(21-7-9-23(33)10-8-21)17-26(37-39)28-6-3-15-45-28/h2-16,27H,17-19H2,1H3,(H,34,42)/t27-/m1/s1. The lowest BCUT2D eigenvalue weighted by atomic mass is 10.0. The quantitative estimate of drug-likeness (QED) is 0.109. The van der Waals surface area contributed by atoms with Gasteiger partial charge in [-0.25, -0.2) is 9.40 Å². The van der Waals surface area contributed by atoms with Gasteiger partial charge < -0.3 is 5.32 Å². The van der Waals surface area contributed by atoms with Crippen molar-refractivity contribution in [2.75, 3.05) is 5.75 Å². The summed E-state index contributed by atoms with van der Waals surface area (Å²) in [5.74, 6) is -0.649. The van der Waals surface area contributed by atoms with Crippen LogP contribution in [0.2, 0.25) is 0 Å². The van der Waals surface area contributed by atoms with Crippen LogP contribution in [0.1, 0.15) is 44.6 Å². The van der Waals surface area contributed by atoms with E-state index < -0.39 is 11.0 Å². The van der Waals surface area contributed by atoms with Gasteiger partial charge in [-0.15, -0.1) is 21.5 Å². The Morgan fingerprint density at radius 1 is 1.07 bits per heavy atom. The second kappa shape index (κ2) is 13.4. The third-order valence-corrected chi connectivity index (χ3v) is 9.09. The maximum Gasteiger partial charge on any atom is 0.269 e. The third kappa shape index (κ3) is 6.72. The van der Waals surface area contributed by atoms with Crippen LogP contribution in [0.3, 0.4) is 0 Å². The first kappa shape index (κ1) is 30.8. The summed E-state index contributed by atoms with van der Waals surface area (Å²) in [6.07, 6.45) is 0.478. The summed E-state index contributed by atoms with van der Waals surface area (Å²) in [6.45, 7) is 1.91. The zero-order chi connectivity index (χ0) is 32.2. The number of hydrazone groups is 1. The highest BCUT2D eigenvalue weighted by Crippen LogP contribution is 2.35. The molecule has 0 spiro atoms. The molecular weight excluding hydrogens is 630 g/mol. The zero-order valence-corrected chi connectivity index (χ0v) is 26.0. The van der Waals surface area contributed by atoms with Crippen molar-refractivity contribution in [2.24, 2.45) is 5.10 Å². The van der Waals surface area contributed by atoms with Crippen LogP contribution in [0.15, 0.2) is 101 Å². The molecular formula is C32H26FN7O4S2. The number of nitrogens with one attached hydrogen (secondary N) is 1. The molecule has 46 heavy (non-hydrogen) atoms. The minimum atomic E-state index is -0.494. The molecule has 232 valence electrons. The van der Waals surface area contributed by atoms with E-state index in [2.05, 4.69) is 20.6 Å². The molecule has 1 N–H and O–H groups in total. The van der Waals surface area contributed by atoms with Gasteiger partial charge in [-0.05, 0) is 60.3 Å². The molecule has 0 fully saturated rings. The largest absolute Gasteiger partial charge is 0.345 e. The van der Waals surface area contributed by atoms with Crippen molar-refractivity contribution in [3.63, 3.8) is 0 Å². The number of aryl methyl sites for hydroxylation is 1. The van der Waals surface area contributed by atoms with Gasteiger partial charge in [0.25, 0.3) is 17.5 Å². The predicted molar refractivity (Wildman–Crippen MR) is 173 cm³/mol. The Bertz CT molecular complexity index is 1930. The monoisotopic (exact) mass is 655 g/mol. The molecule has 6 rings (SSSR count). The number of nitro benzene ring substituents is 1. The van der Waals surface area contributed by atoms with Gasteiger partial charge >= 0.3 is 0 Å². The number of rotatable bonds is 10. The number of thiophene rings is 1. The molecule has 5 aromatic rings. The number of carbonyl (C=O) groups is 2. The molecule has 2 aromatic heterocycles. The number of benzene rings is 3. The maximum atomic E-state index is 13.7. The fourth-order valence-electron chi connectivity index (χ4n) is 5.01. The molecule has 11 nitrogen and oxygen atoms in total. The van der Waals surface area contributed by atoms with E-state index in [9.17, 15) is 24.1 Å².